The molecule has 0 radical (unpaired) electrons. The van der Waals surface area contributed by atoms with Gasteiger partial charge in [-0.2, -0.15) is 0 Å². The molecule has 1 aliphatic rings. The van der Waals surface area contributed by atoms with Gasteiger partial charge in [0.15, 0.2) is 0 Å². The third-order valence-corrected chi connectivity index (χ3v) is 7.29. The summed E-state index contributed by atoms with van der Waals surface area (Å²) in [4.78, 5) is 46.8. The maximum Gasteiger partial charge on any atom is 0.470 e. The summed E-state index contributed by atoms with van der Waals surface area (Å²) in [7, 11) is -4.72. The Morgan fingerprint density at radius 2 is 1.78 bits per heavy atom. The van der Waals surface area contributed by atoms with Crippen molar-refractivity contribution in [3.63, 3.8) is 0 Å². The van der Waals surface area contributed by atoms with Crippen LogP contribution in [0.25, 0.3) is 0 Å². The number of hydrogen-bond acceptors (Lipinski definition) is 4. The average molecular weight is 620 g/mol. The number of anilines is 2. The maximum atomic E-state index is 13.7. The maximum absolute atomic E-state index is 13.7. The standard InChI is InChI=1S/C26H26IN2O6P/c1-16-6-3-4-7-20(16)25(30)28-19-10-11-21(17(2)14-19)26(31)29-13-5-8-24(35-36(32,33)34)22-15-18(27)9-12-23(22)29/h3-4,6-7,9-12,14-15,24H,5,8,13H2,1-2H3,(H,28,30)(H2,32,33,34). The van der Waals surface area contributed by atoms with E-state index in [0.717, 1.165) is 9.13 Å². The van der Waals surface area contributed by atoms with Crippen LogP contribution < -0.4 is 10.2 Å². The third-order valence-electron chi connectivity index (χ3n) is 6.09. The van der Waals surface area contributed by atoms with Gasteiger partial charge in [0, 0.05) is 38.2 Å². The Bertz CT molecular complexity index is 1370. The van der Waals surface area contributed by atoms with Gasteiger partial charge in [0.25, 0.3) is 11.8 Å². The van der Waals surface area contributed by atoms with Crippen molar-refractivity contribution in [1.82, 2.24) is 0 Å². The van der Waals surface area contributed by atoms with Crippen molar-refractivity contribution in [2.45, 2.75) is 32.8 Å². The topological polar surface area (TPSA) is 116 Å². The van der Waals surface area contributed by atoms with Crippen LogP contribution >= 0.6 is 30.4 Å². The van der Waals surface area contributed by atoms with Crippen LogP contribution in [-0.2, 0) is 9.09 Å². The highest BCUT2D eigenvalue weighted by Gasteiger charge is 2.32. The Morgan fingerprint density at radius 1 is 1.03 bits per heavy atom. The molecule has 10 heteroatoms. The van der Waals surface area contributed by atoms with Crippen LogP contribution in [-0.4, -0.2) is 28.1 Å². The van der Waals surface area contributed by atoms with Crippen LogP contribution in [0, 0.1) is 17.4 Å². The first-order chi connectivity index (χ1) is 17.0. The minimum Gasteiger partial charge on any atom is -0.322 e. The number of carbonyl (C=O) groups excluding carboxylic acids is 2. The lowest BCUT2D eigenvalue weighted by molar-refractivity contribution is 0.0984. The molecule has 0 saturated carbocycles. The smallest absolute Gasteiger partial charge is 0.322 e. The Balaban J connectivity index is 1.61. The molecule has 0 spiro atoms. The molecule has 3 N–H and O–H groups in total. The second-order valence-electron chi connectivity index (χ2n) is 8.69. The van der Waals surface area contributed by atoms with Crippen LogP contribution in [0.5, 0.6) is 0 Å². The van der Waals surface area contributed by atoms with Gasteiger partial charge < -0.3 is 20.0 Å². The molecule has 4 rings (SSSR count). The Hall–Kier alpha value is -2.56. The number of carbonyl (C=O) groups is 2. The molecule has 36 heavy (non-hydrogen) atoms. The first kappa shape index (κ1) is 26.5. The normalized spacial score (nSPS) is 15.7. The molecule has 0 saturated heterocycles. The SMILES string of the molecule is Cc1ccccc1C(=O)Nc1ccc(C(=O)N2CCCC(OP(=O)(O)O)c3cc(I)ccc32)c(C)c1. The van der Waals surface area contributed by atoms with Crippen LogP contribution in [0.1, 0.15) is 56.4 Å². The second-order valence-corrected chi connectivity index (χ2v) is 11.1. The zero-order valence-corrected chi connectivity index (χ0v) is 22.8. The fraction of sp³-hybridized carbons (Fsp3) is 0.231. The number of amides is 2. The summed E-state index contributed by atoms with van der Waals surface area (Å²) in [5.74, 6) is -0.456. The fourth-order valence-corrected chi connectivity index (χ4v) is 5.44. The summed E-state index contributed by atoms with van der Waals surface area (Å²) in [5, 5.41) is 2.89. The minimum absolute atomic E-state index is 0.223. The molecule has 0 aromatic heterocycles. The third kappa shape index (κ3) is 6.04. The largest absolute Gasteiger partial charge is 0.470 e. The number of nitrogens with one attached hydrogen (secondary N) is 1. The monoisotopic (exact) mass is 620 g/mol. The minimum atomic E-state index is -4.72. The number of hydrogen-bond donors (Lipinski definition) is 3. The second kappa shape index (κ2) is 10.8. The molecule has 3 aromatic carbocycles. The van der Waals surface area contributed by atoms with Crippen molar-refractivity contribution < 1.29 is 28.5 Å². The van der Waals surface area contributed by atoms with Gasteiger partial charge in [-0.25, -0.2) is 4.57 Å². The molecular weight excluding hydrogens is 594 g/mol. The zero-order valence-electron chi connectivity index (χ0n) is 19.8. The van der Waals surface area contributed by atoms with Crippen LogP contribution in [0.15, 0.2) is 60.7 Å². The van der Waals surface area contributed by atoms with Gasteiger partial charge in [-0.3, -0.25) is 14.1 Å². The van der Waals surface area contributed by atoms with Gasteiger partial charge in [-0.15, -0.1) is 0 Å². The Kier molecular flexibility index (Phi) is 7.96. The molecule has 3 aromatic rings. The number of nitrogens with zero attached hydrogens (tertiary/aromatic N) is 1. The first-order valence-corrected chi connectivity index (χ1v) is 14.0. The van der Waals surface area contributed by atoms with Crippen molar-refractivity contribution in [3.05, 3.63) is 92.1 Å². The number of phosphoric acid groups is 1. The summed E-state index contributed by atoms with van der Waals surface area (Å²) in [6.45, 7) is 4.05. The highest BCUT2D eigenvalue weighted by atomic mass is 127. The van der Waals surface area contributed by atoms with Crippen molar-refractivity contribution in [2.24, 2.45) is 0 Å². The van der Waals surface area contributed by atoms with Gasteiger partial charge in [0.05, 0.1) is 6.10 Å². The summed E-state index contributed by atoms with van der Waals surface area (Å²) >= 11 is 2.12. The number of halogens is 1. The van der Waals surface area contributed by atoms with Crippen molar-refractivity contribution in [2.75, 3.05) is 16.8 Å². The van der Waals surface area contributed by atoms with Gasteiger partial charge in [-0.05, 0) is 103 Å². The molecule has 1 aliphatic heterocycles. The van der Waals surface area contributed by atoms with Crippen molar-refractivity contribution >= 4 is 53.6 Å². The van der Waals surface area contributed by atoms with Gasteiger partial charge in [0.2, 0.25) is 0 Å². The highest BCUT2D eigenvalue weighted by Crippen LogP contribution is 2.47. The van der Waals surface area contributed by atoms with E-state index in [2.05, 4.69) is 27.9 Å². The number of benzene rings is 3. The number of fused-ring (bicyclic) bond motifs is 1. The van der Waals surface area contributed by atoms with Crippen LogP contribution in [0.3, 0.4) is 0 Å². The van der Waals surface area contributed by atoms with Crippen molar-refractivity contribution in [1.29, 1.82) is 0 Å². The molecule has 188 valence electrons. The van der Waals surface area contributed by atoms with Crippen molar-refractivity contribution in [3.8, 4) is 0 Å². The molecule has 8 nitrogen and oxygen atoms in total. The van der Waals surface area contributed by atoms with E-state index in [0.29, 0.717) is 53.0 Å². The Labute approximate surface area is 223 Å². The molecule has 0 fully saturated rings. The predicted octanol–water partition coefficient (Wildman–Crippen LogP) is 5.75. The van der Waals surface area contributed by atoms with Gasteiger partial charge in [-0.1, -0.05) is 18.2 Å². The summed E-state index contributed by atoms with van der Waals surface area (Å²) in [5.41, 5.74) is 4.33. The van der Waals surface area contributed by atoms with E-state index in [-0.39, 0.29) is 11.8 Å². The van der Waals surface area contributed by atoms with E-state index in [1.54, 1.807) is 41.3 Å². The van der Waals surface area contributed by atoms with E-state index in [4.69, 9.17) is 4.52 Å². The van der Waals surface area contributed by atoms with E-state index in [1.807, 2.05) is 38.1 Å². The molecule has 1 heterocycles. The average Bonchev–Trinajstić information content (AvgIpc) is 2.97. The molecule has 0 aliphatic carbocycles. The summed E-state index contributed by atoms with van der Waals surface area (Å²) in [6, 6.07) is 17.9. The number of aryl methyl sites for hydroxylation is 2. The highest BCUT2D eigenvalue weighted by molar-refractivity contribution is 14.1. The number of rotatable bonds is 5. The van der Waals surface area contributed by atoms with E-state index < -0.39 is 13.9 Å². The van der Waals surface area contributed by atoms with Crippen LogP contribution in [0.4, 0.5) is 11.4 Å². The summed E-state index contributed by atoms with van der Waals surface area (Å²) < 4.78 is 17.5. The zero-order chi connectivity index (χ0) is 26.0. The van der Waals surface area contributed by atoms with Crippen LogP contribution in [0.2, 0.25) is 0 Å². The molecule has 0 bridgehead atoms. The summed E-state index contributed by atoms with van der Waals surface area (Å²) in [6.07, 6.45) is 0.0457. The molecule has 1 unspecified atom stereocenters. The lowest BCUT2D eigenvalue weighted by Gasteiger charge is -2.25. The quantitative estimate of drug-likeness (QED) is 0.247. The predicted molar refractivity (Wildman–Crippen MR) is 146 cm³/mol. The van der Waals surface area contributed by atoms with Gasteiger partial charge >= 0.3 is 7.82 Å². The van der Waals surface area contributed by atoms with Gasteiger partial charge in [0.1, 0.15) is 0 Å². The first-order valence-electron chi connectivity index (χ1n) is 11.4. The van der Waals surface area contributed by atoms with E-state index >= 15 is 0 Å². The lowest BCUT2D eigenvalue weighted by atomic mass is 10.0. The number of phosphoric ester groups is 1. The Morgan fingerprint density at radius 3 is 2.47 bits per heavy atom. The van der Waals surface area contributed by atoms with E-state index in [1.165, 1.54) is 0 Å². The fourth-order valence-electron chi connectivity index (χ4n) is 4.38. The molecular formula is C26H26IN2O6P. The van der Waals surface area contributed by atoms with E-state index in [9.17, 15) is 23.9 Å². The lowest BCUT2D eigenvalue weighted by Crippen LogP contribution is -2.32. The molecule has 1 atom stereocenters. The molecule has 2 amide bonds.